The Morgan fingerprint density at radius 3 is 1.94 bits per heavy atom. The van der Waals surface area contributed by atoms with Crippen LogP contribution in [0.1, 0.15) is 18.1 Å². The molecule has 9 nitrogen and oxygen atoms in total. The van der Waals surface area contributed by atoms with Gasteiger partial charge in [-0.3, -0.25) is 4.79 Å². The molecule has 0 heterocycles. The Hall–Kier alpha value is -3.66. The van der Waals surface area contributed by atoms with Gasteiger partial charge < -0.3 is 20.5 Å². The van der Waals surface area contributed by atoms with Crippen LogP contribution < -0.4 is 10.6 Å². The molecule has 3 N–H and O–H groups in total. The highest BCUT2D eigenvalue weighted by Crippen LogP contribution is 2.04. The molecule has 0 fully saturated rings. The van der Waals surface area contributed by atoms with Gasteiger partial charge in [-0.15, -0.1) is 0 Å². The summed E-state index contributed by atoms with van der Waals surface area (Å²) in [4.78, 5) is 35.4. The average Bonchev–Trinajstić information content (AvgIpc) is 2.78. The van der Waals surface area contributed by atoms with Crippen molar-refractivity contribution in [3.63, 3.8) is 0 Å². The molecular formula is C23H28N2O7S. The van der Waals surface area contributed by atoms with Crippen molar-refractivity contribution in [3.05, 3.63) is 83.8 Å². The van der Waals surface area contributed by atoms with Crippen LogP contribution in [0, 0.1) is 0 Å². The summed E-state index contributed by atoms with van der Waals surface area (Å²) in [7, 11) is -2.90. The minimum atomic E-state index is -2.90. The Morgan fingerprint density at radius 2 is 1.48 bits per heavy atom. The molecule has 2 rings (SSSR count). The zero-order chi connectivity index (χ0) is 24.9. The summed E-state index contributed by atoms with van der Waals surface area (Å²) in [6, 6.07) is 16.1. The molecule has 2 amide bonds. The quantitative estimate of drug-likeness (QED) is 0.505. The molecule has 2 aromatic carbocycles. The van der Waals surface area contributed by atoms with E-state index < -0.39 is 39.9 Å². The Kier molecular flexibility index (Phi) is 11.4. The van der Waals surface area contributed by atoms with E-state index in [2.05, 4.69) is 17.2 Å². The van der Waals surface area contributed by atoms with E-state index in [1.807, 2.05) is 36.4 Å². The van der Waals surface area contributed by atoms with Gasteiger partial charge in [0.1, 0.15) is 18.7 Å². The van der Waals surface area contributed by atoms with E-state index in [-0.39, 0.29) is 13.0 Å². The molecular weight excluding hydrogens is 448 g/mol. The van der Waals surface area contributed by atoms with Crippen molar-refractivity contribution < 1.29 is 32.6 Å². The first kappa shape index (κ1) is 27.4. The summed E-state index contributed by atoms with van der Waals surface area (Å²) in [6.07, 6.45) is 0.490. The maximum absolute atomic E-state index is 12.2. The summed E-state index contributed by atoms with van der Waals surface area (Å²) in [5.74, 6) is -1.75. The number of benzene rings is 2. The van der Waals surface area contributed by atoms with E-state index >= 15 is 0 Å². The lowest BCUT2D eigenvalue weighted by molar-refractivity contribution is -0.142. The molecule has 0 aliphatic heterocycles. The predicted octanol–water partition coefficient (Wildman–Crippen LogP) is 2.29. The van der Waals surface area contributed by atoms with Crippen LogP contribution in [0.2, 0.25) is 0 Å². The number of hydrogen-bond acceptors (Lipinski definition) is 6. The van der Waals surface area contributed by atoms with Crippen molar-refractivity contribution in [2.75, 3.05) is 6.26 Å². The fraction of sp³-hybridized carbons (Fsp3) is 0.261. The van der Waals surface area contributed by atoms with Crippen molar-refractivity contribution in [2.45, 2.75) is 32.0 Å². The summed E-state index contributed by atoms with van der Waals surface area (Å²) in [5.41, 5.74) is 1.60. The number of ether oxygens (including phenoxy) is 1. The zero-order valence-corrected chi connectivity index (χ0v) is 19.2. The number of carbonyl (C=O) groups excluding carboxylic acids is 2. The summed E-state index contributed by atoms with van der Waals surface area (Å²) in [5, 5.41) is 15.1. The molecule has 0 radical (unpaired) electrons. The number of carboxylic acids is 1. The fourth-order valence-electron chi connectivity index (χ4n) is 2.35. The fourth-order valence-corrected chi connectivity index (χ4v) is 2.35. The van der Waals surface area contributed by atoms with Gasteiger partial charge in [-0.1, -0.05) is 67.2 Å². The molecule has 0 spiro atoms. The Labute approximate surface area is 193 Å². The molecule has 33 heavy (non-hydrogen) atoms. The van der Waals surface area contributed by atoms with Crippen molar-refractivity contribution in [1.82, 2.24) is 10.6 Å². The van der Waals surface area contributed by atoms with Gasteiger partial charge in [0.25, 0.3) is 0 Å². The number of amides is 2. The van der Waals surface area contributed by atoms with Gasteiger partial charge in [0, 0.05) is 18.1 Å². The van der Waals surface area contributed by atoms with Gasteiger partial charge >= 0.3 is 12.1 Å². The number of sulfone groups is 1. The van der Waals surface area contributed by atoms with Crippen LogP contribution in [0.15, 0.2) is 72.7 Å². The SMILES string of the molecule is C=CS(C)(=O)=O.C[C@H](NC(=O)OCc1ccccc1)C(=O)N[C@@H](Cc1ccccc1)C(=O)O. The summed E-state index contributed by atoms with van der Waals surface area (Å²) < 4.78 is 24.8. The number of nitrogens with one attached hydrogen (secondary N) is 2. The van der Waals surface area contributed by atoms with Crippen LogP contribution in [0.5, 0.6) is 0 Å². The van der Waals surface area contributed by atoms with E-state index in [1.54, 1.807) is 24.3 Å². The Bertz CT molecular complexity index is 1010. The first-order valence-electron chi connectivity index (χ1n) is 9.88. The maximum Gasteiger partial charge on any atom is 0.408 e. The molecule has 2 atom stereocenters. The Morgan fingerprint density at radius 1 is 1.00 bits per heavy atom. The van der Waals surface area contributed by atoms with Crippen LogP contribution in [0.4, 0.5) is 4.79 Å². The molecule has 0 aromatic heterocycles. The predicted molar refractivity (Wildman–Crippen MR) is 124 cm³/mol. The van der Waals surface area contributed by atoms with Gasteiger partial charge in [0.15, 0.2) is 9.84 Å². The minimum absolute atomic E-state index is 0.0762. The van der Waals surface area contributed by atoms with Crippen LogP contribution in [0.25, 0.3) is 0 Å². The van der Waals surface area contributed by atoms with Crippen LogP contribution in [-0.4, -0.2) is 49.8 Å². The first-order chi connectivity index (χ1) is 15.5. The smallest absolute Gasteiger partial charge is 0.408 e. The third kappa shape index (κ3) is 12.1. The van der Waals surface area contributed by atoms with Crippen LogP contribution >= 0.6 is 0 Å². The molecule has 2 aromatic rings. The topological polar surface area (TPSA) is 139 Å². The third-order valence-corrected chi connectivity index (χ3v) is 4.75. The highest BCUT2D eigenvalue weighted by atomic mass is 32.2. The van der Waals surface area contributed by atoms with Gasteiger partial charge in [0.05, 0.1) is 0 Å². The minimum Gasteiger partial charge on any atom is -0.480 e. The monoisotopic (exact) mass is 476 g/mol. The van der Waals surface area contributed by atoms with E-state index in [1.165, 1.54) is 6.92 Å². The van der Waals surface area contributed by atoms with Crippen molar-refractivity contribution in [3.8, 4) is 0 Å². The van der Waals surface area contributed by atoms with Gasteiger partial charge in [-0.25, -0.2) is 18.0 Å². The summed E-state index contributed by atoms with van der Waals surface area (Å²) >= 11 is 0. The largest absolute Gasteiger partial charge is 0.480 e. The van der Waals surface area contributed by atoms with E-state index in [9.17, 15) is 27.9 Å². The first-order valence-corrected chi connectivity index (χ1v) is 11.8. The Balaban J connectivity index is 0.000000801. The summed E-state index contributed by atoms with van der Waals surface area (Å²) in [6.45, 7) is 4.58. The molecule has 0 aliphatic rings. The lowest BCUT2D eigenvalue weighted by Crippen LogP contribution is -2.51. The number of carbonyl (C=O) groups is 3. The van der Waals surface area contributed by atoms with E-state index in [4.69, 9.17) is 4.74 Å². The third-order valence-electron chi connectivity index (χ3n) is 4.14. The van der Waals surface area contributed by atoms with Crippen LogP contribution in [0.3, 0.4) is 0 Å². The lowest BCUT2D eigenvalue weighted by Gasteiger charge is -2.18. The standard InChI is InChI=1S/C20H22N2O5.C3H6O2S/c1-14(21-20(26)27-13-16-10-6-3-7-11-16)18(23)22-17(19(24)25)12-15-8-4-2-5-9-15;1-3-6(2,4)5/h2-11,14,17H,12-13H2,1H3,(H,21,26)(H,22,23)(H,24,25);3H,1H2,2H3/t14-,17-;/m0./s1. The van der Waals surface area contributed by atoms with E-state index in [0.29, 0.717) is 0 Å². The van der Waals surface area contributed by atoms with Crippen molar-refractivity contribution in [1.29, 1.82) is 0 Å². The molecule has 0 saturated carbocycles. The average molecular weight is 477 g/mol. The zero-order valence-electron chi connectivity index (χ0n) is 18.4. The number of hydrogen-bond donors (Lipinski definition) is 3. The molecule has 10 heteroatoms. The molecule has 0 unspecified atom stereocenters. The molecule has 0 bridgehead atoms. The van der Waals surface area contributed by atoms with Crippen molar-refractivity contribution in [2.24, 2.45) is 0 Å². The molecule has 0 aliphatic carbocycles. The number of carboxylic acid groups (broad SMARTS) is 1. The van der Waals surface area contributed by atoms with Gasteiger partial charge in [-0.2, -0.15) is 0 Å². The normalized spacial score (nSPS) is 12.2. The maximum atomic E-state index is 12.2. The lowest BCUT2D eigenvalue weighted by atomic mass is 10.1. The molecule has 0 saturated heterocycles. The highest BCUT2D eigenvalue weighted by Gasteiger charge is 2.24. The second kappa shape index (κ2) is 13.7. The number of rotatable bonds is 9. The second-order valence-electron chi connectivity index (χ2n) is 7.01. The van der Waals surface area contributed by atoms with Gasteiger partial charge in [0.2, 0.25) is 5.91 Å². The number of aliphatic carboxylic acids is 1. The van der Waals surface area contributed by atoms with E-state index in [0.717, 1.165) is 22.8 Å². The molecule has 178 valence electrons. The van der Waals surface area contributed by atoms with Crippen LogP contribution in [-0.2, 0) is 37.2 Å². The highest BCUT2D eigenvalue weighted by molar-refractivity contribution is 7.93. The van der Waals surface area contributed by atoms with Gasteiger partial charge in [-0.05, 0) is 18.1 Å². The number of alkyl carbamates (subject to hydrolysis) is 1. The van der Waals surface area contributed by atoms with Crippen molar-refractivity contribution >= 4 is 27.8 Å². The second-order valence-corrected chi connectivity index (χ2v) is 9.01.